The Morgan fingerprint density at radius 2 is 1.95 bits per heavy atom. The van der Waals surface area contributed by atoms with Crippen LogP contribution in [0.3, 0.4) is 0 Å². The smallest absolute Gasteiger partial charge is 0.275 e. The summed E-state index contributed by atoms with van der Waals surface area (Å²) in [4.78, 5) is 12.6. The van der Waals surface area contributed by atoms with Crippen molar-refractivity contribution in [2.45, 2.75) is 6.54 Å². The zero-order chi connectivity index (χ0) is 15.4. The van der Waals surface area contributed by atoms with Gasteiger partial charge in [0, 0.05) is 38.1 Å². The van der Waals surface area contributed by atoms with Gasteiger partial charge >= 0.3 is 0 Å². The van der Waals surface area contributed by atoms with Crippen molar-refractivity contribution in [3.63, 3.8) is 0 Å². The van der Waals surface area contributed by atoms with E-state index in [0.717, 1.165) is 11.4 Å². The highest BCUT2D eigenvalue weighted by Crippen LogP contribution is 2.27. The van der Waals surface area contributed by atoms with Crippen LogP contribution < -0.4 is 10.2 Å². The van der Waals surface area contributed by atoms with Crippen molar-refractivity contribution in [3.8, 4) is 0 Å². The van der Waals surface area contributed by atoms with Crippen LogP contribution in [0.25, 0.3) is 0 Å². The molecule has 0 heterocycles. The van der Waals surface area contributed by atoms with Crippen LogP contribution in [0.2, 0.25) is 5.02 Å². The molecule has 2 aromatic carbocycles. The molecule has 0 bridgehead atoms. The number of nitrogens with zero attached hydrogens (tertiary/aromatic N) is 2. The van der Waals surface area contributed by atoms with Gasteiger partial charge in [0.25, 0.3) is 5.69 Å². The molecular weight excluding hydrogens is 290 g/mol. The lowest BCUT2D eigenvalue weighted by Gasteiger charge is -2.14. The highest BCUT2D eigenvalue weighted by atomic mass is 35.5. The van der Waals surface area contributed by atoms with E-state index in [2.05, 4.69) is 5.32 Å². The summed E-state index contributed by atoms with van der Waals surface area (Å²) in [5, 5.41) is 14.6. The molecule has 0 spiro atoms. The van der Waals surface area contributed by atoms with Crippen molar-refractivity contribution in [3.05, 3.63) is 63.2 Å². The van der Waals surface area contributed by atoms with Crippen LogP contribution in [-0.4, -0.2) is 19.0 Å². The number of nitro benzene ring substituents is 1. The van der Waals surface area contributed by atoms with Gasteiger partial charge in [-0.15, -0.1) is 0 Å². The topological polar surface area (TPSA) is 58.4 Å². The first-order chi connectivity index (χ1) is 9.99. The second-order valence-electron chi connectivity index (χ2n) is 4.79. The molecule has 2 aromatic rings. The average molecular weight is 306 g/mol. The van der Waals surface area contributed by atoms with Crippen LogP contribution in [0.1, 0.15) is 5.56 Å². The van der Waals surface area contributed by atoms with Crippen molar-refractivity contribution in [1.82, 2.24) is 0 Å². The molecule has 1 N–H and O–H groups in total. The highest BCUT2D eigenvalue weighted by Gasteiger charge is 2.16. The Bertz CT molecular complexity index is 659. The minimum atomic E-state index is -0.418. The van der Waals surface area contributed by atoms with E-state index in [4.69, 9.17) is 11.6 Å². The van der Waals surface area contributed by atoms with Gasteiger partial charge in [0.1, 0.15) is 0 Å². The maximum atomic E-state index is 11.0. The van der Waals surface area contributed by atoms with Crippen LogP contribution in [0.5, 0.6) is 0 Å². The van der Waals surface area contributed by atoms with Crippen molar-refractivity contribution in [2.24, 2.45) is 0 Å². The van der Waals surface area contributed by atoms with E-state index in [1.165, 1.54) is 6.07 Å². The van der Waals surface area contributed by atoms with Crippen LogP contribution in [0, 0.1) is 10.1 Å². The summed E-state index contributed by atoms with van der Waals surface area (Å²) >= 11 is 6.07. The van der Waals surface area contributed by atoms with Gasteiger partial charge in [-0.3, -0.25) is 10.1 Å². The molecule has 21 heavy (non-hydrogen) atoms. The summed E-state index contributed by atoms with van der Waals surface area (Å²) in [7, 11) is 3.91. The lowest BCUT2D eigenvalue weighted by molar-refractivity contribution is -0.385. The maximum absolute atomic E-state index is 11.0. The lowest BCUT2D eigenvalue weighted by Crippen LogP contribution is -2.09. The first kappa shape index (κ1) is 15.1. The van der Waals surface area contributed by atoms with E-state index in [-0.39, 0.29) is 5.69 Å². The summed E-state index contributed by atoms with van der Waals surface area (Å²) in [5.74, 6) is 0. The van der Waals surface area contributed by atoms with Gasteiger partial charge in [-0.2, -0.15) is 0 Å². The molecular formula is C15H16ClN3O2. The summed E-state index contributed by atoms with van der Waals surface area (Å²) in [6.45, 7) is 0.298. The molecule has 2 rings (SSSR count). The minimum Gasteiger partial charge on any atom is -0.381 e. The van der Waals surface area contributed by atoms with Crippen molar-refractivity contribution >= 4 is 28.7 Å². The number of nitrogens with one attached hydrogen (secondary N) is 1. The molecule has 0 saturated heterocycles. The third-order valence-electron chi connectivity index (χ3n) is 3.12. The second-order valence-corrected chi connectivity index (χ2v) is 5.20. The predicted octanol–water partition coefficient (Wildman–Crippen LogP) is 3.93. The van der Waals surface area contributed by atoms with E-state index in [1.807, 2.05) is 43.3 Å². The Labute approximate surface area is 128 Å². The summed E-state index contributed by atoms with van der Waals surface area (Å²) in [5.41, 5.74) is 2.45. The molecule has 0 amide bonds. The molecule has 0 aliphatic heterocycles. The molecule has 0 aromatic heterocycles. The highest BCUT2D eigenvalue weighted by molar-refractivity contribution is 6.31. The Morgan fingerprint density at radius 1 is 1.24 bits per heavy atom. The molecule has 0 radical (unpaired) electrons. The van der Waals surface area contributed by atoms with Gasteiger partial charge in [0.05, 0.1) is 15.5 Å². The lowest BCUT2D eigenvalue weighted by atomic mass is 10.1. The molecule has 0 aliphatic rings. The molecule has 110 valence electrons. The number of benzene rings is 2. The van der Waals surface area contributed by atoms with E-state index in [1.54, 1.807) is 12.1 Å². The number of halogens is 1. The van der Waals surface area contributed by atoms with Gasteiger partial charge in [-0.1, -0.05) is 23.7 Å². The van der Waals surface area contributed by atoms with Gasteiger partial charge in [-0.25, -0.2) is 0 Å². The van der Waals surface area contributed by atoms with Crippen LogP contribution in [0.4, 0.5) is 17.1 Å². The van der Waals surface area contributed by atoms with E-state index >= 15 is 0 Å². The molecule has 0 saturated carbocycles. The van der Waals surface area contributed by atoms with Crippen molar-refractivity contribution in [2.75, 3.05) is 24.3 Å². The Morgan fingerprint density at radius 3 is 2.62 bits per heavy atom. The second kappa shape index (κ2) is 6.45. The quantitative estimate of drug-likeness (QED) is 0.672. The largest absolute Gasteiger partial charge is 0.381 e. The summed E-state index contributed by atoms with van der Waals surface area (Å²) < 4.78 is 0. The third-order valence-corrected chi connectivity index (χ3v) is 3.48. The van der Waals surface area contributed by atoms with Crippen molar-refractivity contribution in [1.29, 1.82) is 0 Å². The molecule has 6 heteroatoms. The normalized spacial score (nSPS) is 10.2. The number of nitro groups is 1. The number of hydrogen-bond donors (Lipinski definition) is 1. The number of anilines is 2. The van der Waals surface area contributed by atoms with Gasteiger partial charge in [-0.05, 0) is 24.3 Å². The van der Waals surface area contributed by atoms with Crippen molar-refractivity contribution < 1.29 is 4.92 Å². The Balaban J connectivity index is 2.21. The van der Waals surface area contributed by atoms with Crippen LogP contribution in [0.15, 0.2) is 42.5 Å². The number of rotatable bonds is 5. The van der Waals surface area contributed by atoms with E-state index in [0.29, 0.717) is 17.1 Å². The zero-order valence-corrected chi connectivity index (χ0v) is 12.6. The zero-order valence-electron chi connectivity index (χ0n) is 11.8. The Hall–Kier alpha value is -2.27. The van der Waals surface area contributed by atoms with Gasteiger partial charge < -0.3 is 10.2 Å². The fourth-order valence-electron chi connectivity index (χ4n) is 1.98. The molecule has 0 atom stereocenters. The fraction of sp³-hybridized carbons (Fsp3) is 0.200. The maximum Gasteiger partial charge on any atom is 0.275 e. The SMILES string of the molecule is CN(C)c1cccc(NCc2c(Cl)cccc2[N+](=O)[O-])c1. The standard InChI is InChI=1S/C15H16ClN3O2/c1-18(2)12-6-3-5-11(9-12)17-10-13-14(16)7-4-8-15(13)19(20)21/h3-9,17H,10H2,1-2H3. The Kier molecular flexibility index (Phi) is 4.65. The molecule has 0 aliphatic carbocycles. The van der Waals surface area contributed by atoms with Crippen LogP contribution >= 0.6 is 11.6 Å². The minimum absolute atomic E-state index is 0.0266. The van der Waals surface area contributed by atoms with Crippen LogP contribution in [-0.2, 0) is 6.54 Å². The summed E-state index contributed by atoms with van der Waals surface area (Å²) in [6.07, 6.45) is 0. The van der Waals surface area contributed by atoms with E-state index in [9.17, 15) is 10.1 Å². The number of hydrogen-bond acceptors (Lipinski definition) is 4. The summed E-state index contributed by atoms with van der Waals surface area (Å²) in [6, 6.07) is 12.5. The predicted molar refractivity (Wildman–Crippen MR) is 86.2 cm³/mol. The van der Waals surface area contributed by atoms with Gasteiger partial charge in [0.15, 0.2) is 0 Å². The monoisotopic (exact) mass is 305 g/mol. The molecule has 0 unspecified atom stereocenters. The van der Waals surface area contributed by atoms with Gasteiger partial charge in [0.2, 0.25) is 0 Å². The molecule has 0 fully saturated rings. The third kappa shape index (κ3) is 3.64. The first-order valence-electron chi connectivity index (χ1n) is 6.42. The molecule has 5 nitrogen and oxygen atoms in total. The van der Waals surface area contributed by atoms with E-state index < -0.39 is 4.92 Å². The fourth-order valence-corrected chi connectivity index (χ4v) is 2.21. The first-order valence-corrected chi connectivity index (χ1v) is 6.80. The average Bonchev–Trinajstić information content (AvgIpc) is 2.46.